The first kappa shape index (κ1) is 16.5. The van der Waals surface area contributed by atoms with E-state index < -0.39 is 33.9 Å². The monoisotopic (exact) mass is 360 g/mol. The highest BCUT2D eigenvalue weighted by Crippen LogP contribution is 2.35. The summed E-state index contributed by atoms with van der Waals surface area (Å²) in [4.78, 5) is 12.4. The summed E-state index contributed by atoms with van der Waals surface area (Å²) in [6, 6.07) is 8.79. The molecule has 0 saturated heterocycles. The van der Waals surface area contributed by atoms with E-state index in [0.29, 0.717) is 10.1 Å². The quantitative estimate of drug-likeness (QED) is 0.789. The van der Waals surface area contributed by atoms with E-state index in [1.54, 1.807) is 13.0 Å². The van der Waals surface area contributed by atoms with E-state index in [9.17, 15) is 18.3 Å². The molecule has 25 heavy (non-hydrogen) atoms. The van der Waals surface area contributed by atoms with Gasteiger partial charge in [-0.15, -0.1) is 0 Å². The smallest absolute Gasteiger partial charge is 0.278 e. The molecule has 0 atom stereocenters. The number of amides is 1. The van der Waals surface area contributed by atoms with Gasteiger partial charge in [-0.1, -0.05) is 17.3 Å². The number of aryl methyl sites for hydroxylation is 1. The third-order valence-corrected chi connectivity index (χ3v) is 5.29. The summed E-state index contributed by atoms with van der Waals surface area (Å²) in [5.74, 6) is -0.988. The molecule has 10 heteroatoms. The topological polar surface area (TPSA) is 137 Å². The molecule has 0 fully saturated rings. The van der Waals surface area contributed by atoms with Crippen molar-refractivity contribution < 1.29 is 22.8 Å². The van der Waals surface area contributed by atoms with Crippen LogP contribution in [0.4, 0.5) is 5.82 Å². The highest BCUT2D eigenvalue weighted by Gasteiger charge is 2.40. The second kappa shape index (κ2) is 5.95. The van der Waals surface area contributed by atoms with Gasteiger partial charge in [-0.2, -0.15) is 5.26 Å². The van der Waals surface area contributed by atoms with Gasteiger partial charge in [-0.3, -0.25) is 4.79 Å². The summed E-state index contributed by atoms with van der Waals surface area (Å²) in [6.07, 6.45) is 0. The van der Waals surface area contributed by atoms with Gasteiger partial charge >= 0.3 is 0 Å². The van der Waals surface area contributed by atoms with E-state index in [1.165, 1.54) is 30.3 Å². The molecule has 2 N–H and O–H groups in total. The first-order chi connectivity index (χ1) is 11.9. The first-order valence-electron chi connectivity index (χ1n) is 7.03. The third kappa shape index (κ3) is 2.70. The number of anilines is 1. The number of fused-ring (bicyclic) bond motifs is 1. The lowest BCUT2D eigenvalue weighted by Gasteiger charge is -2.29. The average Bonchev–Trinajstić information content (AvgIpc) is 2.98. The number of carbonyl (C=O) groups excluding carboxylic acids is 1. The number of nitrogens with zero attached hydrogens (tertiary/aromatic N) is 3. The lowest BCUT2D eigenvalue weighted by molar-refractivity contribution is -0.113. The summed E-state index contributed by atoms with van der Waals surface area (Å²) in [7, 11) is -4.17. The summed E-state index contributed by atoms with van der Waals surface area (Å²) >= 11 is 0. The van der Waals surface area contributed by atoms with Crippen molar-refractivity contribution in [2.24, 2.45) is 0 Å². The Kier molecular flexibility index (Phi) is 3.94. The Balaban J connectivity index is 2.14. The molecule has 3 rings (SSSR count). The number of aromatic nitrogens is 1. The van der Waals surface area contributed by atoms with Gasteiger partial charge in [0.25, 0.3) is 15.9 Å². The van der Waals surface area contributed by atoms with Crippen molar-refractivity contribution >= 4 is 27.5 Å². The Hall–Kier alpha value is -3.32. The lowest BCUT2D eigenvalue weighted by Crippen LogP contribution is -2.40. The zero-order valence-electron chi connectivity index (χ0n) is 12.9. The molecule has 0 bridgehead atoms. The van der Waals surface area contributed by atoms with Gasteiger partial charge in [-0.25, -0.2) is 12.7 Å². The number of hydrogen-bond donors (Lipinski definition) is 2. The molecular formula is C15H12N4O5S. The number of aliphatic hydroxyl groups excluding tert-OH is 1. The molecule has 1 aliphatic rings. The van der Waals surface area contributed by atoms with Crippen molar-refractivity contribution in [3.05, 3.63) is 47.4 Å². The Labute approximate surface area is 142 Å². The molecule has 0 aliphatic carbocycles. The lowest BCUT2D eigenvalue weighted by atomic mass is 10.1. The molecule has 2 heterocycles. The minimum absolute atomic E-state index is 0.0156. The summed E-state index contributed by atoms with van der Waals surface area (Å²) in [6.45, 7) is 0.976. The van der Waals surface area contributed by atoms with Crippen LogP contribution in [0.15, 0.2) is 45.4 Å². The summed E-state index contributed by atoms with van der Waals surface area (Å²) in [5.41, 5.74) is -0.570. The van der Waals surface area contributed by atoms with E-state index in [1.807, 2.05) is 0 Å². The van der Waals surface area contributed by atoms with Gasteiger partial charge in [0.1, 0.15) is 12.3 Å². The van der Waals surface area contributed by atoms with E-state index in [0.717, 1.165) is 0 Å². The van der Waals surface area contributed by atoms with Crippen LogP contribution in [0.25, 0.3) is 5.76 Å². The Bertz CT molecular complexity index is 1030. The molecule has 1 amide bonds. The van der Waals surface area contributed by atoms with E-state index >= 15 is 0 Å². The minimum Gasteiger partial charge on any atom is -0.505 e. The number of nitriles is 1. The summed E-state index contributed by atoms with van der Waals surface area (Å²) in [5, 5.41) is 25.3. The van der Waals surface area contributed by atoms with Crippen LogP contribution in [-0.4, -0.2) is 35.4 Å². The molecule has 0 unspecified atom stereocenters. The van der Waals surface area contributed by atoms with Crippen molar-refractivity contribution in [3.8, 4) is 6.07 Å². The normalized spacial score (nSPS) is 15.4. The number of benzene rings is 1. The van der Waals surface area contributed by atoms with Crippen LogP contribution in [0, 0.1) is 18.3 Å². The number of sulfonamides is 1. The van der Waals surface area contributed by atoms with Crippen molar-refractivity contribution in [2.75, 3.05) is 11.9 Å². The Morgan fingerprint density at radius 1 is 1.44 bits per heavy atom. The molecule has 0 radical (unpaired) electrons. The fourth-order valence-corrected chi connectivity index (χ4v) is 3.99. The van der Waals surface area contributed by atoms with Gasteiger partial charge in [0.15, 0.2) is 17.3 Å². The van der Waals surface area contributed by atoms with Crippen LogP contribution in [-0.2, 0) is 14.8 Å². The number of nitrogens with one attached hydrogen (secondary N) is 1. The van der Waals surface area contributed by atoms with Gasteiger partial charge in [-0.05, 0) is 19.1 Å². The standard InChI is InChI=1S/C15H12N4O5S/c1-9-8-12(18-24-9)17-15(21)13-14(20)10-4-2-3-5-11(10)25(22,23)19(13)7-6-16/h2-5,8,20H,7H2,1H3,(H,17,18,21). The van der Waals surface area contributed by atoms with Gasteiger partial charge in [0, 0.05) is 11.6 Å². The third-order valence-electron chi connectivity index (χ3n) is 3.48. The van der Waals surface area contributed by atoms with Crippen LogP contribution >= 0.6 is 0 Å². The molecule has 0 spiro atoms. The molecule has 0 saturated carbocycles. The number of rotatable bonds is 3. The molecule has 1 aliphatic heterocycles. The predicted octanol–water partition coefficient (Wildman–Crippen LogP) is 1.38. The van der Waals surface area contributed by atoms with Crippen molar-refractivity contribution in [3.63, 3.8) is 0 Å². The van der Waals surface area contributed by atoms with Crippen molar-refractivity contribution in [1.82, 2.24) is 9.46 Å². The second-order valence-corrected chi connectivity index (χ2v) is 6.97. The first-order valence-corrected chi connectivity index (χ1v) is 8.47. The molecule has 2 aromatic rings. The van der Waals surface area contributed by atoms with Crippen LogP contribution in [0.2, 0.25) is 0 Å². The highest BCUT2D eigenvalue weighted by molar-refractivity contribution is 7.89. The Morgan fingerprint density at radius 2 is 2.16 bits per heavy atom. The van der Waals surface area contributed by atoms with E-state index in [-0.39, 0.29) is 16.3 Å². The SMILES string of the molecule is Cc1cc(NC(=O)C2=C(O)c3ccccc3S(=O)(=O)N2CC#N)no1. The van der Waals surface area contributed by atoms with Crippen molar-refractivity contribution in [1.29, 1.82) is 5.26 Å². The Morgan fingerprint density at radius 3 is 2.80 bits per heavy atom. The summed E-state index contributed by atoms with van der Waals surface area (Å²) < 4.78 is 30.8. The molecule has 1 aromatic carbocycles. The van der Waals surface area contributed by atoms with Gasteiger partial charge in [0.05, 0.1) is 11.0 Å². The fraction of sp³-hybridized carbons (Fsp3) is 0.133. The molecule has 1 aromatic heterocycles. The maximum atomic E-state index is 12.7. The fourth-order valence-electron chi connectivity index (χ4n) is 2.42. The largest absolute Gasteiger partial charge is 0.505 e. The van der Waals surface area contributed by atoms with Gasteiger partial charge in [0.2, 0.25) is 0 Å². The highest BCUT2D eigenvalue weighted by atomic mass is 32.2. The van der Waals surface area contributed by atoms with Crippen LogP contribution in [0.5, 0.6) is 0 Å². The number of carbonyl (C=O) groups is 1. The number of hydrogen-bond acceptors (Lipinski definition) is 7. The zero-order valence-corrected chi connectivity index (χ0v) is 13.7. The van der Waals surface area contributed by atoms with E-state index in [4.69, 9.17) is 9.78 Å². The molecular weight excluding hydrogens is 348 g/mol. The van der Waals surface area contributed by atoms with E-state index in [2.05, 4.69) is 10.5 Å². The van der Waals surface area contributed by atoms with Crippen LogP contribution in [0.3, 0.4) is 0 Å². The molecule has 128 valence electrons. The maximum Gasteiger partial charge on any atom is 0.278 e. The minimum atomic E-state index is -4.17. The van der Waals surface area contributed by atoms with Gasteiger partial charge < -0.3 is 14.9 Å². The van der Waals surface area contributed by atoms with Crippen LogP contribution in [0.1, 0.15) is 11.3 Å². The number of aliphatic hydroxyl groups is 1. The second-order valence-electron chi connectivity index (χ2n) is 5.14. The predicted molar refractivity (Wildman–Crippen MR) is 85.4 cm³/mol. The van der Waals surface area contributed by atoms with Crippen LogP contribution < -0.4 is 5.32 Å². The van der Waals surface area contributed by atoms with Crippen molar-refractivity contribution in [2.45, 2.75) is 11.8 Å². The zero-order chi connectivity index (χ0) is 18.2. The average molecular weight is 360 g/mol. The molecule has 9 nitrogen and oxygen atoms in total. The maximum absolute atomic E-state index is 12.7.